The molecule has 154 valence electrons. The Kier molecular flexibility index (Phi) is 5.21. The maximum absolute atomic E-state index is 12.6. The SMILES string of the molecule is O=C(CCCN1CCOCC1)Nc1cc(-c2cccc3[nH]ccc23)cc2[nH]ncc12. The van der Waals surface area contributed by atoms with E-state index in [1.807, 2.05) is 18.3 Å². The van der Waals surface area contributed by atoms with Crippen LogP contribution in [0.2, 0.25) is 0 Å². The van der Waals surface area contributed by atoms with Crippen molar-refractivity contribution < 1.29 is 9.53 Å². The number of amides is 1. The third-order valence-electron chi connectivity index (χ3n) is 5.72. The molecule has 1 saturated heterocycles. The van der Waals surface area contributed by atoms with E-state index in [0.29, 0.717) is 6.42 Å². The number of aromatic nitrogens is 3. The highest BCUT2D eigenvalue weighted by molar-refractivity contribution is 6.05. The van der Waals surface area contributed by atoms with Crippen LogP contribution in [0.15, 0.2) is 48.8 Å². The number of H-pyrrole nitrogens is 2. The standard InChI is InChI=1S/C23H25N5O2/c29-23(5-2-8-28-9-11-30-12-10-28)26-21-13-16(14-22-19(21)15-25-27-22)17-3-1-4-20-18(17)6-7-24-20/h1,3-4,6-7,13-15,24H,2,5,8-12H2,(H,25,27)(H,26,29). The first-order valence-electron chi connectivity index (χ1n) is 10.4. The molecule has 0 saturated carbocycles. The van der Waals surface area contributed by atoms with Crippen molar-refractivity contribution in [1.29, 1.82) is 0 Å². The van der Waals surface area contributed by atoms with Gasteiger partial charge in [0, 0.05) is 42.0 Å². The Bertz CT molecular complexity index is 1170. The molecule has 0 spiro atoms. The second-order valence-corrected chi connectivity index (χ2v) is 7.71. The van der Waals surface area contributed by atoms with E-state index in [2.05, 4.69) is 49.7 Å². The van der Waals surface area contributed by atoms with Crippen molar-refractivity contribution in [3.63, 3.8) is 0 Å². The van der Waals surface area contributed by atoms with Gasteiger partial charge < -0.3 is 15.0 Å². The van der Waals surface area contributed by atoms with Crippen LogP contribution < -0.4 is 5.32 Å². The topological polar surface area (TPSA) is 86.0 Å². The van der Waals surface area contributed by atoms with Crippen LogP contribution in [0.5, 0.6) is 0 Å². The lowest BCUT2D eigenvalue weighted by Gasteiger charge is -2.26. The van der Waals surface area contributed by atoms with Gasteiger partial charge in [0.2, 0.25) is 5.91 Å². The largest absolute Gasteiger partial charge is 0.379 e. The normalized spacial score (nSPS) is 15.1. The zero-order valence-electron chi connectivity index (χ0n) is 16.8. The summed E-state index contributed by atoms with van der Waals surface area (Å²) >= 11 is 0. The average Bonchev–Trinajstić information content (AvgIpc) is 3.43. The van der Waals surface area contributed by atoms with Crippen LogP contribution in [0.25, 0.3) is 32.9 Å². The molecule has 3 N–H and O–H groups in total. The molecule has 7 nitrogen and oxygen atoms in total. The van der Waals surface area contributed by atoms with Gasteiger partial charge in [-0.25, -0.2) is 0 Å². The number of ether oxygens (including phenoxy) is 1. The zero-order chi connectivity index (χ0) is 20.3. The number of rotatable bonds is 6. The van der Waals surface area contributed by atoms with E-state index in [1.54, 1.807) is 6.20 Å². The fourth-order valence-electron chi connectivity index (χ4n) is 4.15. The van der Waals surface area contributed by atoms with Gasteiger partial charge in [0.25, 0.3) is 0 Å². The molecule has 0 aliphatic carbocycles. The number of aromatic amines is 2. The fraction of sp³-hybridized carbons (Fsp3) is 0.304. The minimum atomic E-state index is 0.0303. The fourth-order valence-corrected chi connectivity index (χ4v) is 4.15. The van der Waals surface area contributed by atoms with Gasteiger partial charge in [0.15, 0.2) is 0 Å². The molecule has 7 heteroatoms. The van der Waals surface area contributed by atoms with Crippen LogP contribution in [0.4, 0.5) is 5.69 Å². The minimum Gasteiger partial charge on any atom is -0.379 e. The first-order chi connectivity index (χ1) is 14.8. The van der Waals surface area contributed by atoms with Gasteiger partial charge in [-0.05, 0) is 48.4 Å². The molecule has 2 aromatic heterocycles. The predicted octanol–water partition coefficient (Wildman–Crippen LogP) is 3.76. The Hall–Kier alpha value is -3.16. The Balaban J connectivity index is 1.35. The van der Waals surface area contributed by atoms with Gasteiger partial charge in [-0.1, -0.05) is 12.1 Å². The van der Waals surface area contributed by atoms with Crippen molar-refractivity contribution in [2.75, 3.05) is 38.2 Å². The molecule has 1 aliphatic heterocycles. The highest BCUT2D eigenvalue weighted by Gasteiger charge is 2.14. The quantitative estimate of drug-likeness (QED) is 0.458. The lowest BCUT2D eigenvalue weighted by Crippen LogP contribution is -2.37. The summed E-state index contributed by atoms with van der Waals surface area (Å²) in [4.78, 5) is 18.3. The van der Waals surface area contributed by atoms with E-state index >= 15 is 0 Å². The first kappa shape index (κ1) is 18.8. The second-order valence-electron chi connectivity index (χ2n) is 7.71. The Morgan fingerprint density at radius 1 is 1.13 bits per heavy atom. The molecule has 0 unspecified atom stereocenters. The number of nitrogens with zero attached hydrogens (tertiary/aromatic N) is 2. The number of nitrogens with one attached hydrogen (secondary N) is 3. The van der Waals surface area contributed by atoms with Crippen LogP contribution in [0, 0.1) is 0 Å². The predicted molar refractivity (Wildman–Crippen MR) is 119 cm³/mol. The molecule has 5 rings (SSSR count). The van der Waals surface area contributed by atoms with Crippen LogP contribution in [0.3, 0.4) is 0 Å². The number of fused-ring (bicyclic) bond motifs is 2. The average molecular weight is 403 g/mol. The van der Waals surface area contributed by atoms with Gasteiger partial charge in [-0.3, -0.25) is 14.8 Å². The molecule has 3 heterocycles. The van der Waals surface area contributed by atoms with Gasteiger partial charge in [0.1, 0.15) is 0 Å². The highest BCUT2D eigenvalue weighted by Crippen LogP contribution is 2.34. The molecule has 30 heavy (non-hydrogen) atoms. The number of anilines is 1. The molecule has 0 atom stereocenters. The Morgan fingerprint density at radius 2 is 2.03 bits per heavy atom. The summed E-state index contributed by atoms with van der Waals surface area (Å²) in [6.45, 7) is 4.39. The van der Waals surface area contributed by atoms with E-state index in [-0.39, 0.29) is 5.91 Å². The third-order valence-corrected chi connectivity index (χ3v) is 5.72. The van der Waals surface area contributed by atoms with Crippen molar-refractivity contribution in [2.45, 2.75) is 12.8 Å². The van der Waals surface area contributed by atoms with Crippen LogP contribution >= 0.6 is 0 Å². The molecular weight excluding hydrogens is 378 g/mol. The molecule has 2 aromatic carbocycles. The number of morpholine rings is 1. The van der Waals surface area contributed by atoms with E-state index in [0.717, 1.165) is 77.9 Å². The Labute approximate surface area is 174 Å². The maximum Gasteiger partial charge on any atom is 0.224 e. The molecule has 1 fully saturated rings. The van der Waals surface area contributed by atoms with Gasteiger partial charge >= 0.3 is 0 Å². The van der Waals surface area contributed by atoms with Crippen molar-refractivity contribution in [2.24, 2.45) is 0 Å². The highest BCUT2D eigenvalue weighted by atomic mass is 16.5. The number of carbonyl (C=O) groups is 1. The summed E-state index contributed by atoms with van der Waals surface area (Å²) in [6.07, 6.45) is 5.04. The van der Waals surface area contributed by atoms with Crippen LogP contribution in [0.1, 0.15) is 12.8 Å². The number of carbonyl (C=O) groups excluding carboxylic acids is 1. The molecule has 0 bridgehead atoms. The van der Waals surface area contributed by atoms with Gasteiger partial charge in [-0.2, -0.15) is 5.10 Å². The Morgan fingerprint density at radius 3 is 2.93 bits per heavy atom. The van der Waals surface area contributed by atoms with Gasteiger partial charge in [0.05, 0.1) is 30.6 Å². The molecule has 4 aromatic rings. The number of benzene rings is 2. The monoisotopic (exact) mass is 403 g/mol. The van der Waals surface area contributed by atoms with Crippen molar-refractivity contribution in [3.05, 3.63) is 48.8 Å². The molecule has 0 radical (unpaired) electrons. The lowest BCUT2D eigenvalue weighted by molar-refractivity contribution is -0.116. The summed E-state index contributed by atoms with van der Waals surface area (Å²) in [5.41, 5.74) is 4.95. The summed E-state index contributed by atoms with van der Waals surface area (Å²) in [5, 5.41) is 12.4. The van der Waals surface area contributed by atoms with Crippen molar-refractivity contribution >= 4 is 33.4 Å². The van der Waals surface area contributed by atoms with E-state index in [1.165, 1.54) is 0 Å². The molecular formula is C23H25N5O2. The summed E-state index contributed by atoms with van der Waals surface area (Å²) in [5.74, 6) is 0.0303. The molecule has 1 amide bonds. The van der Waals surface area contributed by atoms with Crippen LogP contribution in [-0.4, -0.2) is 58.8 Å². The smallest absolute Gasteiger partial charge is 0.224 e. The van der Waals surface area contributed by atoms with Crippen molar-refractivity contribution in [1.82, 2.24) is 20.1 Å². The molecule has 1 aliphatic rings. The van der Waals surface area contributed by atoms with E-state index < -0.39 is 0 Å². The first-order valence-corrected chi connectivity index (χ1v) is 10.4. The zero-order valence-corrected chi connectivity index (χ0v) is 16.8. The summed E-state index contributed by atoms with van der Waals surface area (Å²) in [6, 6.07) is 12.4. The lowest BCUT2D eigenvalue weighted by atomic mass is 9.99. The van der Waals surface area contributed by atoms with E-state index in [4.69, 9.17) is 4.74 Å². The summed E-state index contributed by atoms with van der Waals surface area (Å²) < 4.78 is 5.38. The minimum absolute atomic E-state index is 0.0303. The summed E-state index contributed by atoms with van der Waals surface area (Å²) in [7, 11) is 0. The van der Waals surface area contributed by atoms with Gasteiger partial charge in [-0.15, -0.1) is 0 Å². The van der Waals surface area contributed by atoms with Crippen molar-refractivity contribution in [3.8, 4) is 11.1 Å². The number of hydrogen-bond donors (Lipinski definition) is 3. The third kappa shape index (κ3) is 3.81. The second kappa shape index (κ2) is 8.30. The van der Waals surface area contributed by atoms with E-state index in [9.17, 15) is 4.79 Å². The maximum atomic E-state index is 12.6. The number of hydrogen-bond acceptors (Lipinski definition) is 4. The van der Waals surface area contributed by atoms with Crippen LogP contribution in [-0.2, 0) is 9.53 Å².